The van der Waals surface area contributed by atoms with Crippen molar-refractivity contribution in [3.63, 3.8) is 0 Å². The molecule has 0 N–H and O–H groups in total. The van der Waals surface area contributed by atoms with Crippen LogP contribution >= 0.6 is 0 Å². The second-order valence-electron chi connectivity index (χ2n) is 11.4. The molecule has 10 aliphatic heterocycles. The molecule has 0 aliphatic carbocycles. The topological polar surface area (TPSA) is 17.1 Å². The third-order valence-corrected chi connectivity index (χ3v) is 58.5. The molecule has 4 atom stereocenters. The number of carbonyl (C=O) groups excluding carboxylic acids is 1. The van der Waals surface area contributed by atoms with E-state index in [0.717, 1.165) is 9.88 Å². The van der Waals surface area contributed by atoms with E-state index in [0.29, 0.717) is 0 Å². The summed E-state index contributed by atoms with van der Waals surface area (Å²) in [7, 11) is 0. The van der Waals surface area contributed by atoms with Crippen molar-refractivity contribution in [3.8, 4) is 0 Å². The molecule has 1 aromatic rings. The van der Waals surface area contributed by atoms with Gasteiger partial charge in [-0.15, -0.1) is 0 Å². The minimum atomic E-state index is -3.04. The zero-order valence-corrected chi connectivity index (χ0v) is 11.4. The van der Waals surface area contributed by atoms with Gasteiger partial charge in [-0.05, 0) is 0 Å². The third kappa shape index (κ3) is 0.0772. The van der Waals surface area contributed by atoms with Gasteiger partial charge in [0.05, 0.1) is 0 Å². The van der Waals surface area contributed by atoms with Crippen molar-refractivity contribution < 1.29 is 11.3 Å². The molecule has 4 unspecified atom stereocenters. The fourth-order valence-electron chi connectivity index (χ4n) is 17.9. The van der Waals surface area contributed by atoms with Crippen LogP contribution in [0.1, 0.15) is 15.9 Å². The van der Waals surface area contributed by atoms with Gasteiger partial charge in [-0.25, -0.2) is 0 Å². The van der Waals surface area contributed by atoms with Gasteiger partial charge in [-0.3, -0.25) is 0 Å². The molecule has 2 heteroatoms. The second kappa shape index (κ2) is 0.600. The number of benzene rings is 1. The van der Waals surface area contributed by atoms with Crippen LogP contribution in [-0.4, -0.2) is 6.29 Å². The van der Waals surface area contributed by atoms with Crippen LogP contribution in [0.4, 0.5) is 0 Å². The maximum absolute atomic E-state index is 11.6. The zero-order valence-electron chi connectivity index (χ0n) is 10.3. The number of hydrogen-bond acceptors (Lipinski definition) is 1. The molecule has 0 saturated carbocycles. The van der Waals surface area contributed by atoms with Crippen LogP contribution < -0.4 is 0 Å². The van der Waals surface area contributed by atoms with Crippen molar-refractivity contribution in [2.75, 3.05) is 0 Å². The molecule has 1 aromatic carbocycles. The van der Waals surface area contributed by atoms with Crippen LogP contribution in [0.5, 0.6) is 0 Å². The molecule has 19 heavy (non-hydrogen) atoms. The Kier molecular flexibility index (Phi) is 0.218. The van der Waals surface area contributed by atoms with Gasteiger partial charge in [-0.2, -0.15) is 0 Å². The van der Waals surface area contributed by atoms with Gasteiger partial charge < -0.3 is 0 Å². The summed E-state index contributed by atoms with van der Waals surface area (Å²) in [6.45, 7) is -3.04. The Labute approximate surface area is 101 Å². The Hall–Kier alpha value is -0.591. The Morgan fingerprint density at radius 1 is 0.895 bits per heavy atom. The first-order valence-electron chi connectivity index (χ1n) is 7.86. The second-order valence-corrected chi connectivity index (χ2v) is 34.9. The molecule has 0 aromatic heterocycles. The van der Waals surface area contributed by atoms with E-state index >= 15 is 0 Å². The summed E-state index contributed by atoms with van der Waals surface area (Å²) < 4.78 is 0.747. The maximum atomic E-state index is 11.6. The summed E-state index contributed by atoms with van der Waals surface area (Å²) in [5.41, 5.74) is 2.67. The van der Waals surface area contributed by atoms with Crippen LogP contribution in [0.25, 0.3) is 0 Å². The average molecular weight is 290 g/mol. The summed E-state index contributed by atoms with van der Waals surface area (Å²) in [4.78, 5) is 23.6. The summed E-state index contributed by atoms with van der Waals surface area (Å²) in [5, 5.41) is 0. The first-order chi connectivity index (χ1) is 9.10. The number of aldehydes is 1. The van der Waals surface area contributed by atoms with Gasteiger partial charge in [0.2, 0.25) is 0 Å². The third-order valence-electron chi connectivity index (χ3n) is 16.2. The van der Waals surface area contributed by atoms with Gasteiger partial charge in [0.25, 0.3) is 0 Å². The van der Waals surface area contributed by atoms with Crippen LogP contribution in [-0.2, 0) is 10.8 Å². The van der Waals surface area contributed by atoms with E-state index in [2.05, 4.69) is 24.3 Å². The Morgan fingerprint density at radius 3 is 1.89 bits per heavy atom. The number of fused-ring (bicyclic) bond motifs is 10. The van der Waals surface area contributed by atoms with Crippen LogP contribution in [0, 0.1) is 0 Å². The van der Waals surface area contributed by atoms with Crippen molar-refractivity contribution in [2.24, 2.45) is 0 Å². The molecule has 10 heterocycles. The minimum absolute atomic E-state index is 0.747. The first-order valence-corrected chi connectivity index (χ1v) is 14.1. The predicted octanol–water partition coefficient (Wildman–Crippen LogP) is 4.30. The summed E-state index contributed by atoms with van der Waals surface area (Å²) in [6, 6.07) is 8.77. The van der Waals surface area contributed by atoms with Crippen LogP contribution in [0.3, 0.4) is 0 Å². The molecule has 96 valence electrons. The summed E-state index contributed by atoms with van der Waals surface area (Å²) >= 11 is 0. The molecule has 0 radical (unpaired) electrons. The molecule has 1 spiro atoms. The Morgan fingerprint density at radius 2 is 1.47 bits per heavy atom. The van der Waals surface area contributed by atoms with Crippen molar-refractivity contribution in [2.45, 2.75) is 47.7 Å². The first kappa shape index (κ1) is 6.91. The zero-order chi connectivity index (χ0) is 11.7. The van der Waals surface area contributed by atoms with Gasteiger partial charge in [0, 0.05) is 0 Å². The van der Waals surface area contributed by atoms with Crippen molar-refractivity contribution >= 4 is 6.29 Å². The fraction of sp³-hybridized carbons (Fsp3) is 0.588. The molecule has 1 nitrogen and oxygen atoms in total. The van der Waals surface area contributed by atoms with Gasteiger partial charge in [-0.1, -0.05) is 0 Å². The van der Waals surface area contributed by atoms with E-state index in [1.54, 1.807) is 5.56 Å². The van der Waals surface area contributed by atoms with E-state index in [4.69, 9.17) is 0 Å². The normalized spacial score (nSPS) is 107. The molecule has 0 amide bonds. The average Bonchev–Trinajstić information content (AvgIpc) is 3.39. The van der Waals surface area contributed by atoms with E-state index in [1.807, 2.05) is 0 Å². The summed E-state index contributed by atoms with van der Waals surface area (Å²) in [6.07, 6.45) is 1.17. The Balaban J connectivity index is 1.55. The molecular formula is C17H14FeO. The van der Waals surface area contributed by atoms with E-state index < -0.39 is 6.51 Å². The summed E-state index contributed by atoms with van der Waals surface area (Å²) in [5.74, 6) is 0. The van der Waals surface area contributed by atoms with Crippen molar-refractivity contribution in [1.82, 2.24) is 0 Å². The predicted molar refractivity (Wildman–Crippen MR) is 67.3 cm³/mol. The molecule has 10 fully saturated rings. The van der Waals surface area contributed by atoms with Crippen LogP contribution in [0.15, 0.2) is 24.3 Å². The van der Waals surface area contributed by atoms with Gasteiger partial charge >= 0.3 is 101 Å². The Bertz CT molecular complexity index is 1130. The molecule has 10 aliphatic rings. The van der Waals surface area contributed by atoms with Gasteiger partial charge in [0.15, 0.2) is 0 Å². The van der Waals surface area contributed by atoms with Crippen molar-refractivity contribution in [3.05, 3.63) is 35.4 Å². The molecule has 0 bridgehead atoms. The number of hydrogen-bond donors (Lipinski definition) is 0. The fourth-order valence-corrected chi connectivity index (χ4v) is 92.1. The SMILES string of the molecule is O=Cc1ccccc1[C]12[CH]3[CH]4[CH]5[CH]1[Fe]45321678[CH]2[CH]1[CH]6[CH]7[CH]28. The van der Waals surface area contributed by atoms with E-state index in [1.165, 1.54) is 49.6 Å². The van der Waals surface area contributed by atoms with Crippen LogP contribution in [0.2, 0.25) is 43.3 Å². The number of carbonyl (C=O) groups is 1. The van der Waals surface area contributed by atoms with Gasteiger partial charge in [0.1, 0.15) is 0 Å². The quantitative estimate of drug-likeness (QED) is 0.586. The van der Waals surface area contributed by atoms with Crippen molar-refractivity contribution in [1.29, 1.82) is 0 Å². The molecular weight excluding hydrogens is 276 g/mol. The molecule has 10 saturated heterocycles. The monoisotopic (exact) mass is 290 g/mol. The van der Waals surface area contributed by atoms with E-state index in [9.17, 15) is 4.79 Å². The van der Waals surface area contributed by atoms with E-state index in [-0.39, 0.29) is 0 Å². The standard InChI is InChI=1S/C12H9O.C5H5.Fe/c13-9-11-7-3-4-8-12(11)10-5-1-2-6-10;1-2-4-5-3-1;/h1-9H;1-5H;. The molecule has 11 rings (SSSR count). The number of rotatable bonds is 2.